The molecule has 0 aliphatic carbocycles. The third-order valence-electron chi connectivity index (χ3n) is 4.69. The van der Waals surface area contributed by atoms with Gasteiger partial charge in [0.2, 0.25) is 0 Å². The van der Waals surface area contributed by atoms with Crippen LogP contribution in [0.4, 0.5) is 11.4 Å². The van der Waals surface area contributed by atoms with Crippen LogP contribution in [-0.4, -0.2) is 30.2 Å². The lowest BCUT2D eigenvalue weighted by Gasteiger charge is -2.13. The molecule has 0 radical (unpaired) electrons. The number of amidine groups is 1. The summed E-state index contributed by atoms with van der Waals surface area (Å²) in [4.78, 5) is 29.6. The highest BCUT2D eigenvalue weighted by atomic mass is 35.5. The number of thioether (sulfide) groups is 1. The Morgan fingerprint density at radius 3 is 2.57 bits per heavy atom. The molecule has 0 aromatic heterocycles. The summed E-state index contributed by atoms with van der Waals surface area (Å²) >= 11 is 7.15. The summed E-state index contributed by atoms with van der Waals surface area (Å²) < 4.78 is 11.4. The monoisotopic (exact) mass is 507 g/mol. The van der Waals surface area contributed by atoms with Crippen molar-refractivity contribution < 1.29 is 19.1 Å². The van der Waals surface area contributed by atoms with E-state index in [1.54, 1.807) is 60.7 Å². The molecule has 3 aromatic rings. The van der Waals surface area contributed by atoms with E-state index in [4.69, 9.17) is 21.1 Å². The van der Waals surface area contributed by atoms with Gasteiger partial charge in [0.1, 0.15) is 0 Å². The number of hydrogen-bond acceptors (Lipinski definition) is 6. The predicted molar refractivity (Wildman–Crippen MR) is 140 cm³/mol. The second-order valence-electron chi connectivity index (χ2n) is 7.30. The SMILES string of the molecule is CCOc1cc(/C=C2\SC(=Nc3ccc(Cl)cc3)NC2=O)ccc1OCC(=O)Nc1ccccc1. The number of halogens is 1. The van der Waals surface area contributed by atoms with Crippen LogP contribution in [0.1, 0.15) is 12.5 Å². The van der Waals surface area contributed by atoms with Gasteiger partial charge in [0.05, 0.1) is 17.2 Å². The summed E-state index contributed by atoms with van der Waals surface area (Å²) in [6.45, 7) is 2.11. The molecule has 1 aliphatic rings. The molecule has 1 heterocycles. The van der Waals surface area contributed by atoms with Crippen molar-refractivity contribution in [3.05, 3.63) is 88.3 Å². The highest BCUT2D eigenvalue weighted by molar-refractivity contribution is 8.18. The Kier molecular flexibility index (Phi) is 8.07. The van der Waals surface area contributed by atoms with Crippen molar-refractivity contribution in [1.82, 2.24) is 5.32 Å². The van der Waals surface area contributed by atoms with E-state index in [-0.39, 0.29) is 18.4 Å². The minimum Gasteiger partial charge on any atom is -0.490 e. The molecule has 35 heavy (non-hydrogen) atoms. The van der Waals surface area contributed by atoms with Crippen molar-refractivity contribution in [3.63, 3.8) is 0 Å². The number of nitrogens with one attached hydrogen (secondary N) is 2. The predicted octanol–water partition coefficient (Wildman–Crippen LogP) is 5.65. The summed E-state index contributed by atoms with van der Waals surface area (Å²) in [5.74, 6) is 0.397. The molecule has 0 spiro atoms. The summed E-state index contributed by atoms with van der Waals surface area (Å²) in [7, 11) is 0. The Balaban J connectivity index is 1.44. The highest BCUT2D eigenvalue weighted by Crippen LogP contribution is 2.32. The van der Waals surface area contributed by atoms with Crippen molar-refractivity contribution in [3.8, 4) is 11.5 Å². The third-order valence-corrected chi connectivity index (χ3v) is 5.85. The molecule has 3 aromatic carbocycles. The Morgan fingerprint density at radius 1 is 1.06 bits per heavy atom. The summed E-state index contributed by atoms with van der Waals surface area (Å²) in [5.41, 5.74) is 2.13. The second kappa shape index (κ2) is 11.6. The van der Waals surface area contributed by atoms with Crippen molar-refractivity contribution in [1.29, 1.82) is 0 Å². The number of rotatable bonds is 8. The molecular weight excluding hydrogens is 486 g/mol. The molecule has 7 nitrogen and oxygen atoms in total. The fraction of sp³-hybridized carbons (Fsp3) is 0.115. The molecule has 9 heteroatoms. The van der Waals surface area contributed by atoms with Gasteiger partial charge >= 0.3 is 0 Å². The first-order chi connectivity index (χ1) is 17.0. The molecule has 0 atom stereocenters. The normalized spacial score (nSPS) is 15.2. The van der Waals surface area contributed by atoms with Crippen LogP contribution in [0.3, 0.4) is 0 Å². The van der Waals surface area contributed by atoms with Crippen LogP contribution in [-0.2, 0) is 9.59 Å². The van der Waals surface area contributed by atoms with Crippen LogP contribution in [0.15, 0.2) is 82.7 Å². The number of carbonyl (C=O) groups is 2. The molecule has 1 aliphatic heterocycles. The maximum absolute atomic E-state index is 12.4. The Labute approximate surface area is 212 Å². The lowest BCUT2D eigenvalue weighted by molar-refractivity contribution is -0.118. The smallest absolute Gasteiger partial charge is 0.264 e. The van der Waals surface area contributed by atoms with Gasteiger partial charge in [0.15, 0.2) is 23.3 Å². The zero-order chi connectivity index (χ0) is 24.6. The van der Waals surface area contributed by atoms with Gasteiger partial charge in [-0.2, -0.15) is 0 Å². The number of carbonyl (C=O) groups excluding carboxylic acids is 2. The fourth-order valence-corrected chi connectivity index (χ4v) is 4.10. The minimum atomic E-state index is -0.281. The standard InChI is InChI=1S/C26H22ClN3O4S/c1-2-33-22-14-17(8-13-21(22)34-16-24(31)28-19-6-4-3-5-7-19)15-23-25(32)30-26(35-23)29-20-11-9-18(27)10-12-20/h3-15H,2,16H2,1H3,(H,28,31)(H,29,30,32)/b23-15-. The van der Waals surface area contributed by atoms with Gasteiger partial charge in [-0.15, -0.1) is 0 Å². The van der Waals surface area contributed by atoms with Gasteiger partial charge in [0.25, 0.3) is 11.8 Å². The van der Waals surface area contributed by atoms with Crippen LogP contribution in [0, 0.1) is 0 Å². The van der Waals surface area contributed by atoms with E-state index in [2.05, 4.69) is 15.6 Å². The highest BCUT2D eigenvalue weighted by Gasteiger charge is 2.24. The topological polar surface area (TPSA) is 89.0 Å². The quantitative estimate of drug-likeness (QED) is 0.385. The summed E-state index contributed by atoms with van der Waals surface area (Å²) in [6, 6.07) is 21.5. The van der Waals surface area contributed by atoms with Crippen molar-refractivity contribution in [2.24, 2.45) is 4.99 Å². The largest absolute Gasteiger partial charge is 0.490 e. The van der Waals surface area contributed by atoms with Crippen LogP contribution in [0.25, 0.3) is 6.08 Å². The Morgan fingerprint density at radius 2 is 1.83 bits per heavy atom. The van der Waals surface area contributed by atoms with Crippen molar-refractivity contribution >= 4 is 57.8 Å². The minimum absolute atomic E-state index is 0.168. The zero-order valence-corrected chi connectivity index (χ0v) is 20.4. The van der Waals surface area contributed by atoms with Crippen LogP contribution >= 0.6 is 23.4 Å². The number of hydrogen-bond donors (Lipinski definition) is 2. The number of benzene rings is 3. The van der Waals surface area contributed by atoms with Crippen molar-refractivity contribution in [2.45, 2.75) is 6.92 Å². The molecule has 4 rings (SSSR count). The number of amides is 2. The number of aliphatic imine (C=N–C) groups is 1. The summed E-state index contributed by atoms with van der Waals surface area (Å²) in [6.07, 6.45) is 1.75. The Bertz CT molecular complexity index is 1280. The van der Waals surface area contributed by atoms with E-state index in [0.717, 1.165) is 5.56 Å². The number of nitrogens with zero attached hydrogens (tertiary/aromatic N) is 1. The lowest BCUT2D eigenvalue weighted by Crippen LogP contribution is -2.20. The third kappa shape index (κ3) is 6.88. The lowest BCUT2D eigenvalue weighted by atomic mass is 10.2. The van der Waals surface area contributed by atoms with Crippen LogP contribution < -0.4 is 20.1 Å². The second-order valence-corrected chi connectivity index (χ2v) is 8.77. The first kappa shape index (κ1) is 24.4. The van der Waals surface area contributed by atoms with E-state index < -0.39 is 0 Å². The number of ether oxygens (including phenoxy) is 2. The molecule has 1 fully saturated rings. The van der Waals surface area contributed by atoms with Crippen molar-refractivity contribution in [2.75, 3.05) is 18.5 Å². The maximum atomic E-state index is 12.4. The molecule has 2 amide bonds. The number of para-hydroxylation sites is 1. The Hall–Kier alpha value is -3.75. The van der Waals surface area contributed by atoms with E-state index >= 15 is 0 Å². The molecule has 1 saturated heterocycles. The van der Waals surface area contributed by atoms with E-state index in [1.807, 2.05) is 25.1 Å². The molecule has 0 saturated carbocycles. The average Bonchev–Trinajstić information content (AvgIpc) is 3.19. The fourth-order valence-electron chi connectivity index (χ4n) is 3.13. The first-order valence-electron chi connectivity index (χ1n) is 10.8. The first-order valence-corrected chi connectivity index (χ1v) is 12.0. The van der Waals surface area contributed by atoms with Gasteiger partial charge in [-0.1, -0.05) is 35.9 Å². The van der Waals surface area contributed by atoms with E-state index in [9.17, 15) is 9.59 Å². The van der Waals surface area contributed by atoms with Gasteiger partial charge in [0, 0.05) is 10.7 Å². The van der Waals surface area contributed by atoms with Crippen LogP contribution in [0.2, 0.25) is 5.02 Å². The van der Waals surface area contributed by atoms with Gasteiger partial charge < -0.3 is 20.1 Å². The van der Waals surface area contributed by atoms with Gasteiger partial charge in [-0.05, 0) is 78.9 Å². The molecule has 178 valence electrons. The molecular formula is C26H22ClN3O4S. The molecule has 2 N–H and O–H groups in total. The van der Waals surface area contributed by atoms with Gasteiger partial charge in [-0.25, -0.2) is 4.99 Å². The average molecular weight is 508 g/mol. The van der Waals surface area contributed by atoms with Crippen LogP contribution in [0.5, 0.6) is 11.5 Å². The molecule has 0 unspecified atom stereocenters. The summed E-state index contributed by atoms with van der Waals surface area (Å²) in [5, 5.41) is 6.64. The zero-order valence-electron chi connectivity index (χ0n) is 18.8. The van der Waals surface area contributed by atoms with Gasteiger partial charge in [-0.3, -0.25) is 9.59 Å². The van der Waals surface area contributed by atoms with E-state index in [1.165, 1.54) is 11.8 Å². The van der Waals surface area contributed by atoms with E-state index in [0.29, 0.717) is 44.6 Å². The molecule has 0 bridgehead atoms. The maximum Gasteiger partial charge on any atom is 0.264 e. The number of anilines is 1.